The molecule has 0 aromatic heterocycles. The van der Waals surface area contributed by atoms with Crippen molar-refractivity contribution < 1.29 is 0 Å². The van der Waals surface area contributed by atoms with E-state index >= 15 is 0 Å². The van der Waals surface area contributed by atoms with E-state index in [1.165, 1.54) is 0 Å². The molecule has 0 atom stereocenters. The summed E-state index contributed by atoms with van der Waals surface area (Å²) >= 11 is 0. The third-order valence-electron chi connectivity index (χ3n) is 5.65. The van der Waals surface area contributed by atoms with Gasteiger partial charge in [-0.15, -0.1) is 0 Å². The Morgan fingerprint density at radius 1 is 0.417 bits per heavy atom. The van der Waals surface area contributed by atoms with Crippen molar-refractivity contribution in [3.63, 3.8) is 0 Å². The van der Waals surface area contributed by atoms with Gasteiger partial charge in [-0.25, -0.2) is 19.0 Å². The average Bonchev–Trinajstić information content (AvgIpc) is 3.55. The zero-order valence-electron chi connectivity index (χ0n) is 24.9. The third-order valence-corrected chi connectivity index (χ3v) is 7.92. The van der Waals surface area contributed by atoms with Crippen LogP contribution in [0.2, 0.25) is 0 Å². The van der Waals surface area contributed by atoms with Gasteiger partial charge in [0, 0.05) is 84.6 Å². The van der Waals surface area contributed by atoms with Crippen molar-refractivity contribution in [2.24, 2.45) is 19.0 Å². The van der Waals surface area contributed by atoms with Gasteiger partial charge < -0.3 is 29.4 Å². The first-order valence-electron chi connectivity index (χ1n) is 12.2. The van der Waals surface area contributed by atoms with Crippen LogP contribution >= 0.6 is 7.51 Å². The molecule has 0 fully saturated rings. The molecular weight excluding hydrogens is 471 g/mol. The average molecular weight is 517 g/mol. The molecule has 0 spiro atoms. The smallest absolute Gasteiger partial charge is 0.302 e. The van der Waals surface area contributed by atoms with Crippen LogP contribution in [0.5, 0.6) is 0 Å². The lowest BCUT2D eigenvalue weighted by Gasteiger charge is -2.18. The fourth-order valence-electron chi connectivity index (χ4n) is 4.24. The molecule has 0 N–H and O–H groups in total. The van der Waals surface area contributed by atoms with Crippen molar-refractivity contribution in [2.75, 3.05) is 114 Å². The fourth-order valence-corrected chi connectivity index (χ4v) is 6.69. The first kappa shape index (κ1) is 27.8. The van der Waals surface area contributed by atoms with E-state index < -0.39 is 7.51 Å². The van der Waals surface area contributed by atoms with E-state index in [1.54, 1.807) is 0 Å². The molecule has 0 aliphatic rings. The molecule has 3 aromatic carbocycles. The van der Waals surface area contributed by atoms with E-state index in [0.29, 0.717) is 0 Å². The molecule has 0 amide bonds. The maximum Gasteiger partial charge on any atom is 0.302 e. The maximum absolute atomic E-state index is 5.35. The monoisotopic (exact) mass is 516 g/mol. The minimum atomic E-state index is -2.96. The Balaban J connectivity index is 2.47. The summed E-state index contributed by atoms with van der Waals surface area (Å²) in [4.78, 5) is 12.7. The Morgan fingerprint density at radius 2 is 0.611 bits per heavy atom. The van der Waals surface area contributed by atoms with Crippen LogP contribution in [0.15, 0.2) is 19.0 Å². The van der Waals surface area contributed by atoms with Gasteiger partial charge in [0.05, 0.1) is 39.7 Å². The zero-order valence-corrected chi connectivity index (χ0v) is 25.8. The molecule has 10 nitrogen and oxygen atoms in total. The molecule has 0 bridgehead atoms. The van der Waals surface area contributed by atoms with E-state index in [9.17, 15) is 0 Å². The molecular formula is C25H45N10P. The van der Waals surface area contributed by atoms with Crippen molar-refractivity contribution in [3.8, 4) is 0 Å². The minimum absolute atomic E-state index is 0.381. The van der Waals surface area contributed by atoms with Crippen LogP contribution in [0.1, 0.15) is 20.8 Å². The Morgan fingerprint density at radius 3 is 0.750 bits per heavy atom. The topological polar surface area (TPSA) is 68.9 Å². The molecule has 3 aromatic rings. The molecule has 0 saturated heterocycles. The van der Waals surface area contributed by atoms with Gasteiger partial charge >= 0.3 is 7.51 Å². The minimum Gasteiger partial charge on any atom is -0.374 e. The highest BCUT2D eigenvalue weighted by Crippen LogP contribution is 2.58. The SMILES string of the molecule is CN(C)c1c(N(C)C)c1=NP(N=c1c(N(C)C)c1N(C)C)(N=c1c(N(C)C)c1N(C)C)=NC(C)(C)C. The number of hydrogen-bond acceptors (Lipinski definition) is 7. The van der Waals surface area contributed by atoms with Crippen LogP contribution in [-0.2, 0) is 0 Å². The quantitative estimate of drug-likeness (QED) is 0.407. The molecule has 0 radical (unpaired) electrons. The first-order chi connectivity index (χ1) is 16.4. The lowest BCUT2D eigenvalue weighted by molar-refractivity contribution is 0.589. The second-order valence-corrected chi connectivity index (χ2v) is 13.5. The summed E-state index contributed by atoms with van der Waals surface area (Å²) in [6.07, 6.45) is 0. The summed E-state index contributed by atoms with van der Waals surface area (Å²) in [7, 11) is 21.6. The molecule has 11 heteroatoms. The van der Waals surface area contributed by atoms with E-state index in [-0.39, 0.29) is 5.54 Å². The summed E-state index contributed by atoms with van der Waals surface area (Å²) in [5, 5.41) is 2.82. The van der Waals surface area contributed by atoms with Crippen LogP contribution in [0, 0.1) is 0 Å². The number of rotatable bonds is 9. The number of anilines is 6. The van der Waals surface area contributed by atoms with Gasteiger partial charge in [-0.3, -0.25) is 0 Å². The molecule has 3 rings (SSSR count). The summed E-state index contributed by atoms with van der Waals surface area (Å²) in [6, 6.07) is 0. The van der Waals surface area contributed by atoms with E-state index in [2.05, 4.69) is 50.2 Å². The number of hydrogen-bond donors (Lipinski definition) is 0. The van der Waals surface area contributed by atoms with Crippen LogP contribution in [0.3, 0.4) is 0 Å². The highest BCUT2D eigenvalue weighted by Gasteiger charge is 2.34. The predicted molar refractivity (Wildman–Crippen MR) is 158 cm³/mol. The normalized spacial score (nSPS) is 12.3. The fraction of sp³-hybridized carbons (Fsp3) is 0.640. The van der Waals surface area contributed by atoms with Gasteiger partial charge in [-0.05, 0) is 20.8 Å². The van der Waals surface area contributed by atoms with Gasteiger partial charge in [-0.2, -0.15) is 0 Å². The second kappa shape index (κ2) is 9.29. The summed E-state index contributed by atoms with van der Waals surface area (Å²) in [6.45, 7) is 6.30. The maximum atomic E-state index is 5.35. The van der Waals surface area contributed by atoms with Crippen LogP contribution in [0.4, 0.5) is 34.1 Å². The Hall–Kier alpha value is -2.74. The predicted octanol–water partition coefficient (Wildman–Crippen LogP) is 2.56. The summed E-state index contributed by atoms with van der Waals surface area (Å²) in [5.41, 5.74) is 6.30. The highest BCUT2D eigenvalue weighted by molar-refractivity contribution is 7.62. The van der Waals surface area contributed by atoms with Crippen molar-refractivity contribution in [3.05, 3.63) is 16.1 Å². The van der Waals surface area contributed by atoms with E-state index in [4.69, 9.17) is 19.0 Å². The van der Waals surface area contributed by atoms with Crippen LogP contribution in [0.25, 0.3) is 0 Å². The second-order valence-electron chi connectivity index (χ2n) is 11.6. The van der Waals surface area contributed by atoms with Gasteiger partial charge in [0.1, 0.15) is 16.1 Å². The molecule has 0 unspecified atom stereocenters. The van der Waals surface area contributed by atoms with Crippen molar-refractivity contribution in [1.29, 1.82) is 0 Å². The first-order valence-corrected chi connectivity index (χ1v) is 13.8. The van der Waals surface area contributed by atoms with Crippen LogP contribution in [-0.4, -0.2) is 90.1 Å². The van der Waals surface area contributed by atoms with E-state index in [1.807, 2.05) is 84.6 Å². The van der Waals surface area contributed by atoms with Gasteiger partial charge in [0.15, 0.2) is 0 Å². The molecule has 200 valence electrons. The van der Waals surface area contributed by atoms with Gasteiger partial charge in [0.2, 0.25) is 0 Å². The Kier molecular flexibility index (Phi) is 7.18. The van der Waals surface area contributed by atoms with Gasteiger partial charge in [0.25, 0.3) is 0 Å². The highest BCUT2D eigenvalue weighted by atomic mass is 31.2. The Labute approximate surface area is 217 Å². The Bertz CT molecular complexity index is 1130. The molecule has 0 saturated carbocycles. The lowest BCUT2D eigenvalue weighted by Crippen LogP contribution is -2.12. The summed E-state index contributed by atoms with van der Waals surface area (Å²) < 4.78 is 21.3. The van der Waals surface area contributed by atoms with Crippen molar-refractivity contribution in [2.45, 2.75) is 26.3 Å². The molecule has 0 aliphatic carbocycles. The molecule has 0 heterocycles. The summed E-state index contributed by atoms with van der Waals surface area (Å²) in [5.74, 6) is 0. The molecule has 36 heavy (non-hydrogen) atoms. The van der Waals surface area contributed by atoms with E-state index in [0.717, 1.165) is 50.2 Å². The van der Waals surface area contributed by atoms with Gasteiger partial charge in [-0.1, -0.05) is 0 Å². The zero-order chi connectivity index (χ0) is 27.5. The van der Waals surface area contributed by atoms with Crippen molar-refractivity contribution >= 4 is 41.6 Å². The molecule has 0 aliphatic heterocycles. The largest absolute Gasteiger partial charge is 0.374 e. The van der Waals surface area contributed by atoms with Crippen molar-refractivity contribution in [1.82, 2.24) is 0 Å². The number of nitrogens with zero attached hydrogens (tertiary/aromatic N) is 10. The third kappa shape index (κ3) is 5.48. The lowest BCUT2D eigenvalue weighted by atomic mass is 10.1. The standard InChI is InChI=1S/C25H45N10P/c1-25(2,3)29-36(26-16-19(30(4)5)20(16)31(6)7,27-17-21(32(8)9)22(17)33(10)11)28-18-23(34(12)13)24(18)35(14)15/h1-15H3. The van der Waals surface area contributed by atoms with Crippen LogP contribution < -0.4 is 45.5 Å².